The summed E-state index contributed by atoms with van der Waals surface area (Å²) in [6, 6.07) is 12.1. The fraction of sp³-hybridized carbons (Fsp3) is 0.333. The molecule has 0 radical (unpaired) electrons. The number of rotatable bonds is 4. The van der Waals surface area contributed by atoms with Gasteiger partial charge in [0.1, 0.15) is 5.82 Å². The molecule has 4 rings (SSSR count). The van der Waals surface area contributed by atoms with E-state index in [4.69, 9.17) is 15.7 Å². The van der Waals surface area contributed by atoms with Crippen molar-refractivity contribution < 1.29 is 0 Å². The lowest BCUT2D eigenvalue weighted by molar-refractivity contribution is 0.378. The Labute approximate surface area is 170 Å². The summed E-state index contributed by atoms with van der Waals surface area (Å²) >= 11 is 0. The maximum atomic E-state index is 6.32. The van der Waals surface area contributed by atoms with Crippen LogP contribution in [0.3, 0.4) is 0 Å². The topological polar surface area (TPSA) is 86.8 Å². The molecule has 1 aliphatic rings. The van der Waals surface area contributed by atoms with Gasteiger partial charge in [0, 0.05) is 58.1 Å². The van der Waals surface area contributed by atoms with E-state index in [1.807, 2.05) is 43.3 Å². The summed E-state index contributed by atoms with van der Waals surface area (Å²) < 4.78 is 0. The molecule has 29 heavy (non-hydrogen) atoms. The van der Waals surface area contributed by atoms with E-state index >= 15 is 0 Å². The minimum absolute atomic E-state index is 0.526. The molecular weight excluding hydrogens is 364 g/mol. The van der Waals surface area contributed by atoms with Gasteiger partial charge in [0.2, 0.25) is 5.95 Å². The highest BCUT2D eigenvalue weighted by atomic mass is 15.3. The minimum Gasteiger partial charge on any atom is -0.370 e. The first-order valence-electron chi connectivity index (χ1n) is 9.74. The van der Waals surface area contributed by atoms with Gasteiger partial charge in [-0.1, -0.05) is 18.2 Å². The second-order valence-electron chi connectivity index (χ2n) is 7.25. The second-order valence-corrected chi connectivity index (χ2v) is 7.25. The van der Waals surface area contributed by atoms with Crippen LogP contribution in [0.25, 0.3) is 10.9 Å². The number of anilines is 2. The Morgan fingerprint density at radius 2 is 1.79 bits per heavy atom. The van der Waals surface area contributed by atoms with Gasteiger partial charge in [0.25, 0.3) is 0 Å². The molecule has 2 N–H and O–H groups in total. The van der Waals surface area contributed by atoms with Gasteiger partial charge in [-0.05, 0) is 23.8 Å². The number of aromatic nitrogens is 3. The van der Waals surface area contributed by atoms with Gasteiger partial charge in [-0.25, -0.2) is 19.9 Å². The molecule has 3 heterocycles. The van der Waals surface area contributed by atoms with Crippen LogP contribution in [0.15, 0.2) is 53.8 Å². The van der Waals surface area contributed by atoms with Crippen LogP contribution in [0.1, 0.15) is 5.56 Å². The molecule has 0 aliphatic carbocycles. The molecule has 1 fully saturated rings. The zero-order chi connectivity index (χ0) is 20.2. The van der Waals surface area contributed by atoms with E-state index in [1.165, 1.54) is 0 Å². The highest BCUT2D eigenvalue weighted by Gasteiger charge is 2.20. The quantitative estimate of drug-likeness (QED) is 0.536. The smallest absolute Gasteiger partial charge is 0.225 e. The van der Waals surface area contributed by atoms with Gasteiger partial charge in [0.15, 0.2) is 5.96 Å². The largest absolute Gasteiger partial charge is 0.370 e. The van der Waals surface area contributed by atoms with Gasteiger partial charge in [-0.15, -0.1) is 0 Å². The third-order valence-electron chi connectivity index (χ3n) is 5.10. The van der Waals surface area contributed by atoms with Crippen LogP contribution in [0, 0.1) is 0 Å². The maximum absolute atomic E-state index is 6.32. The number of nitrogens with two attached hydrogens (primary N) is 1. The lowest BCUT2D eigenvalue weighted by Gasteiger charge is -2.35. The number of hydrogen-bond acceptors (Lipinski definition) is 6. The summed E-state index contributed by atoms with van der Waals surface area (Å²) in [4.78, 5) is 24.3. The van der Waals surface area contributed by atoms with E-state index in [0.29, 0.717) is 12.5 Å². The van der Waals surface area contributed by atoms with Crippen molar-refractivity contribution in [1.82, 2.24) is 19.9 Å². The van der Waals surface area contributed by atoms with Crippen LogP contribution in [0.2, 0.25) is 0 Å². The van der Waals surface area contributed by atoms with Crippen molar-refractivity contribution in [1.29, 1.82) is 0 Å². The van der Waals surface area contributed by atoms with Crippen LogP contribution in [0.5, 0.6) is 0 Å². The maximum Gasteiger partial charge on any atom is 0.225 e. The van der Waals surface area contributed by atoms with Crippen LogP contribution in [0.4, 0.5) is 11.8 Å². The Bertz CT molecular complexity index is 994. The number of nitrogens with zero attached hydrogens (tertiary/aromatic N) is 7. The van der Waals surface area contributed by atoms with Gasteiger partial charge >= 0.3 is 0 Å². The predicted molar refractivity (Wildman–Crippen MR) is 117 cm³/mol. The molecule has 0 unspecified atom stereocenters. The third kappa shape index (κ3) is 4.21. The van der Waals surface area contributed by atoms with Crippen LogP contribution < -0.4 is 15.5 Å². The Morgan fingerprint density at radius 3 is 2.52 bits per heavy atom. The van der Waals surface area contributed by atoms with Crippen molar-refractivity contribution in [2.75, 3.05) is 50.1 Å². The average Bonchev–Trinajstić information content (AvgIpc) is 2.77. The van der Waals surface area contributed by atoms with Crippen molar-refractivity contribution >= 4 is 28.6 Å². The Hall–Kier alpha value is -3.42. The number of fused-ring (bicyclic) bond motifs is 1. The Kier molecular flexibility index (Phi) is 5.41. The fourth-order valence-electron chi connectivity index (χ4n) is 3.45. The molecule has 0 spiro atoms. The van der Waals surface area contributed by atoms with E-state index in [-0.39, 0.29) is 0 Å². The molecule has 0 atom stereocenters. The van der Waals surface area contributed by atoms with Crippen molar-refractivity contribution in [3.63, 3.8) is 0 Å². The number of pyridine rings is 1. The van der Waals surface area contributed by atoms with Gasteiger partial charge in [-0.2, -0.15) is 0 Å². The minimum atomic E-state index is 0.526. The summed E-state index contributed by atoms with van der Waals surface area (Å²) in [5.41, 5.74) is 8.42. The van der Waals surface area contributed by atoms with Crippen LogP contribution >= 0.6 is 0 Å². The summed E-state index contributed by atoms with van der Waals surface area (Å²) in [6.07, 6.45) is 3.54. The predicted octanol–water partition coefficient (Wildman–Crippen LogP) is 1.73. The number of guanidine groups is 1. The fourth-order valence-corrected chi connectivity index (χ4v) is 3.45. The van der Waals surface area contributed by atoms with Crippen molar-refractivity contribution in [3.05, 3.63) is 54.4 Å². The van der Waals surface area contributed by atoms with E-state index < -0.39 is 0 Å². The van der Waals surface area contributed by atoms with E-state index in [1.54, 1.807) is 12.4 Å². The average molecular weight is 390 g/mol. The Balaban J connectivity index is 1.47. The molecule has 1 aliphatic heterocycles. The molecule has 0 bridgehead atoms. The number of para-hydroxylation sites is 1. The molecule has 0 amide bonds. The summed E-state index contributed by atoms with van der Waals surface area (Å²) in [5, 5.41) is 1.11. The molecule has 3 aromatic rings. The van der Waals surface area contributed by atoms with E-state index in [0.717, 1.165) is 54.4 Å². The van der Waals surface area contributed by atoms with Crippen LogP contribution in [-0.2, 0) is 6.54 Å². The molecule has 8 heteroatoms. The summed E-state index contributed by atoms with van der Waals surface area (Å²) in [6.45, 7) is 3.77. The van der Waals surface area contributed by atoms with Crippen molar-refractivity contribution in [3.8, 4) is 0 Å². The molecule has 0 saturated carbocycles. The molecule has 1 aromatic carbocycles. The normalized spacial score (nSPS) is 15.0. The third-order valence-corrected chi connectivity index (χ3v) is 5.10. The monoisotopic (exact) mass is 390 g/mol. The number of piperazine rings is 1. The zero-order valence-corrected chi connectivity index (χ0v) is 16.9. The number of aliphatic imine (C=N–C) groups is 1. The lowest BCUT2D eigenvalue weighted by atomic mass is 10.1. The van der Waals surface area contributed by atoms with Crippen molar-refractivity contribution in [2.45, 2.75) is 6.54 Å². The SMILES string of the molecule is CN(C)c1cc(CN=C(N)N2CCN(c3ncccn3)CC2)c2ccccc2n1. The van der Waals surface area contributed by atoms with Crippen LogP contribution in [-0.4, -0.2) is 66.1 Å². The first-order valence-corrected chi connectivity index (χ1v) is 9.74. The second kappa shape index (κ2) is 8.30. The van der Waals surface area contributed by atoms with Gasteiger partial charge in [0.05, 0.1) is 12.1 Å². The lowest BCUT2D eigenvalue weighted by Crippen LogP contribution is -2.51. The number of hydrogen-bond donors (Lipinski definition) is 1. The molecule has 8 nitrogen and oxygen atoms in total. The van der Waals surface area contributed by atoms with E-state index in [2.05, 4.69) is 31.9 Å². The highest BCUT2D eigenvalue weighted by Crippen LogP contribution is 2.23. The highest BCUT2D eigenvalue weighted by molar-refractivity contribution is 5.85. The summed E-state index contributed by atoms with van der Waals surface area (Å²) in [7, 11) is 3.99. The summed E-state index contributed by atoms with van der Waals surface area (Å²) in [5.74, 6) is 2.26. The molecule has 150 valence electrons. The van der Waals surface area contributed by atoms with E-state index in [9.17, 15) is 0 Å². The number of benzene rings is 1. The molecular formula is C21H26N8. The zero-order valence-electron chi connectivity index (χ0n) is 16.9. The van der Waals surface area contributed by atoms with Gasteiger partial charge < -0.3 is 20.4 Å². The first-order chi connectivity index (χ1) is 14.1. The standard InChI is InChI=1S/C21H26N8/c1-27(2)19-14-16(17-6-3-4-7-18(17)26-19)15-25-20(22)28-10-12-29(13-11-28)21-23-8-5-9-24-21/h3-9,14H,10-13,15H2,1-2H3,(H2,22,25). The molecule has 1 saturated heterocycles. The Morgan fingerprint density at radius 1 is 1.07 bits per heavy atom. The van der Waals surface area contributed by atoms with Crippen molar-refractivity contribution in [2.24, 2.45) is 10.7 Å². The van der Waals surface area contributed by atoms with Gasteiger partial charge in [-0.3, -0.25) is 0 Å². The molecule has 2 aromatic heterocycles. The first kappa shape index (κ1) is 18.9.